The molecule has 1 fully saturated rings. The van der Waals surface area contributed by atoms with Gasteiger partial charge in [-0.2, -0.15) is 0 Å². The van der Waals surface area contributed by atoms with Gasteiger partial charge in [-0.25, -0.2) is 0 Å². The number of ether oxygens (including phenoxy) is 1. The number of carbonyl (C=O) groups is 2. The molecule has 1 atom stereocenters. The van der Waals surface area contributed by atoms with E-state index >= 15 is 0 Å². The third kappa shape index (κ3) is 7.46. The lowest BCUT2D eigenvalue weighted by atomic mass is 10.0. The molecule has 1 heterocycles. The van der Waals surface area contributed by atoms with E-state index in [2.05, 4.69) is 41.3 Å². The number of rotatable bonds is 11. The van der Waals surface area contributed by atoms with Gasteiger partial charge in [-0.15, -0.1) is 0 Å². The molecule has 0 bridgehead atoms. The van der Waals surface area contributed by atoms with Crippen LogP contribution in [0.1, 0.15) is 36.5 Å². The molecule has 0 aromatic heterocycles. The van der Waals surface area contributed by atoms with Gasteiger partial charge in [0.15, 0.2) is 0 Å². The minimum Gasteiger partial charge on any atom is -0.368 e. The van der Waals surface area contributed by atoms with Crippen LogP contribution in [0.25, 0.3) is 0 Å². The number of carbonyl (C=O) groups excluding carboxylic acids is 2. The SMILES string of the molecule is CCOC(Cc1ccc(CCCN2CCN(Cc3ccccc3)CCC2=O)cc1)C(N)=O. The third-order valence-electron chi connectivity index (χ3n) is 5.95. The highest BCUT2D eigenvalue weighted by molar-refractivity contribution is 5.79. The van der Waals surface area contributed by atoms with Crippen molar-refractivity contribution < 1.29 is 14.3 Å². The molecule has 172 valence electrons. The predicted octanol–water partition coefficient (Wildman–Crippen LogP) is 2.79. The van der Waals surface area contributed by atoms with Gasteiger partial charge >= 0.3 is 0 Å². The van der Waals surface area contributed by atoms with Crippen molar-refractivity contribution in [3.63, 3.8) is 0 Å². The van der Waals surface area contributed by atoms with E-state index in [0.29, 0.717) is 19.4 Å². The first kappa shape index (κ1) is 24.0. The summed E-state index contributed by atoms with van der Waals surface area (Å²) in [6.45, 7) is 6.52. The Morgan fingerprint density at radius 1 is 1.00 bits per heavy atom. The summed E-state index contributed by atoms with van der Waals surface area (Å²) in [4.78, 5) is 28.4. The highest BCUT2D eigenvalue weighted by atomic mass is 16.5. The molecule has 1 aliphatic heterocycles. The zero-order chi connectivity index (χ0) is 22.8. The van der Waals surface area contributed by atoms with Crippen molar-refractivity contribution in [3.05, 3.63) is 71.3 Å². The highest BCUT2D eigenvalue weighted by Gasteiger charge is 2.20. The Kier molecular flexibility index (Phi) is 9.26. The molecule has 0 spiro atoms. The van der Waals surface area contributed by atoms with E-state index in [1.54, 1.807) is 0 Å². The van der Waals surface area contributed by atoms with Gasteiger partial charge in [-0.1, -0.05) is 54.6 Å². The van der Waals surface area contributed by atoms with Crippen molar-refractivity contribution >= 4 is 11.8 Å². The van der Waals surface area contributed by atoms with Gasteiger partial charge in [0.2, 0.25) is 11.8 Å². The molecular formula is C26H35N3O3. The van der Waals surface area contributed by atoms with Crippen molar-refractivity contribution in [2.24, 2.45) is 5.73 Å². The molecule has 6 heteroatoms. The molecule has 2 aromatic rings. The summed E-state index contributed by atoms with van der Waals surface area (Å²) in [5.74, 6) is -0.176. The molecule has 0 radical (unpaired) electrons. The Labute approximate surface area is 191 Å². The third-order valence-corrected chi connectivity index (χ3v) is 5.95. The molecule has 6 nitrogen and oxygen atoms in total. The summed E-state index contributed by atoms with van der Waals surface area (Å²) in [6, 6.07) is 18.7. The van der Waals surface area contributed by atoms with Crippen molar-refractivity contribution in [2.45, 2.75) is 45.3 Å². The number of hydrogen-bond donors (Lipinski definition) is 1. The Balaban J connectivity index is 1.43. The minimum absolute atomic E-state index is 0.254. The van der Waals surface area contributed by atoms with Crippen LogP contribution in [-0.4, -0.2) is 60.5 Å². The van der Waals surface area contributed by atoms with Crippen LogP contribution in [0.15, 0.2) is 54.6 Å². The largest absolute Gasteiger partial charge is 0.368 e. The van der Waals surface area contributed by atoms with E-state index in [0.717, 1.165) is 51.1 Å². The predicted molar refractivity (Wildman–Crippen MR) is 126 cm³/mol. The van der Waals surface area contributed by atoms with E-state index in [1.807, 2.05) is 30.0 Å². The molecule has 1 aliphatic rings. The van der Waals surface area contributed by atoms with Crippen LogP contribution in [0.2, 0.25) is 0 Å². The Hall–Kier alpha value is -2.70. The first-order valence-corrected chi connectivity index (χ1v) is 11.6. The lowest BCUT2D eigenvalue weighted by molar-refractivity contribution is -0.130. The van der Waals surface area contributed by atoms with Gasteiger partial charge in [0.05, 0.1) is 0 Å². The van der Waals surface area contributed by atoms with E-state index in [1.165, 1.54) is 11.1 Å². The molecule has 3 rings (SSSR count). The molecular weight excluding hydrogens is 402 g/mol. The molecule has 1 unspecified atom stereocenters. The molecule has 2 aromatic carbocycles. The van der Waals surface area contributed by atoms with E-state index < -0.39 is 12.0 Å². The quantitative estimate of drug-likeness (QED) is 0.587. The van der Waals surface area contributed by atoms with E-state index in [4.69, 9.17) is 10.5 Å². The zero-order valence-corrected chi connectivity index (χ0v) is 19.0. The average Bonchev–Trinajstić information content (AvgIpc) is 2.97. The molecule has 1 saturated heterocycles. The second-order valence-electron chi connectivity index (χ2n) is 8.36. The van der Waals surface area contributed by atoms with E-state index in [9.17, 15) is 9.59 Å². The number of amides is 2. The molecule has 0 saturated carbocycles. The average molecular weight is 438 g/mol. The van der Waals surface area contributed by atoms with Gasteiger partial charge in [0.25, 0.3) is 0 Å². The smallest absolute Gasteiger partial charge is 0.246 e. The van der Waals surface area contributed by atoms with Crippen LogP contribution in [-0.2, 0) is 33.7 Å². The number of hydrogen-bond acceptors (Lipinski definition) is 4. The molecule has 2 amide bonds. The topological polar surface area (TPSA) is 75.9 Å². The molecule has 0 aliphatic carbocycles. The van der Waals surface area contributed by atoms with Crippen LogP contribution in [0.4, 0.5) is 0 Å². The lowest BCUT2D eigenvalue weighted by Gasteiger charge is -2.22. The van der Waals surface area contributed by atoms with E-state index in [-0.39, 0.29) is 5.91 Å². The van der Waals surface area contributed by atoms with Crippen LogP contribution < -0.4 is 5.73 Å². The fourth-order valence-corrected chi connectivity index (χ4v) is 4.12. The van der Waals surface area contributed by atoms with Gasteiger partial charge < -0.3 is 15.4 Å². The van der Waals surface area contributed by atoms with Gasteiger partial charge in [0.1, 0.15) is 6.10 Å². The maximum absolute atomic E-state index is 12.6. The molecule has 2 N–H and O–H groups in total. The number of primary amides is 1. The number of nitrogens with zero attached hydrogens (tertiary/aromatic N) is 2. The molecule has 32 heavy (non-hydrogen) atoms. The van der Waals surface area contributed by atoms with Crippen molar-refractivity contribution in [3.8, 4) is 0 Å². The summed E-state index contributed by atoms with van der Waals surface area (Å²) in [5.41, 5.74) is 8.96. The monoisotopic (exact) mass is 437 g/mol. The normalized spacial score (nSPS) is 16.0. The van der Waals surface area contributed by atoms with Crippen molar-refractivity contribution in [1.29, 1.82) is 0 Å². The Morgan fingerprint density at radius 3 is 2.41 bits per heavy atom. The Bertz CT molecular complexity index is 854. The summed E-state index contributed by atoms with van der Waals surface area (Å²) >= 11 is 0. The van der Waals surface area contributed by atoms with Crippen LogP contribution in [0.5, 0.6) is 0 Å². The second-order valence-corrected chi connectivity index (χ2v) is 8.36. The number of aryl methyl sites for hydroxylation is 1. The number of nitrogens with two attached hydrogens (primary N) is 1. The summed E-state index contributed by atoms with van der Waals surface area (Å²) in [5, 5.41) is 0. The maximum atomic E-state index is 12.6. The maximum Gasteiger partial charge on any atom is 0.246 e. The fourth-order valence-electron chi connectivity index (χ4n) is 4.12. The highest BCUT2D eigenvalue weighted by Crippen LogP contribution is 2.13. The van der Waals surface area contributed by atoms with Crippen molar-refractivity contribution in [2.75, 3.05) is 32.8 Å². The summed E-state index contributed by atoms with van der Waals surface area (Å²) in [7, 11) is 0. The van der Waals surface area contributed by atoms with Crippen LogP contribution in [0, 0.1) is 0 Å². The number of benzene rings is 2. The van der Waals surface area contributed by atoms with Gasteiger partial charge in [-0.05, 0) is 36.5 Å². The van der Waals surface area contributed by atoms with Gasteiger partial charge in [0, 0.05) is 52.2 Å². The minimum atomic E-state index is -0.582. The Morgan fingerprint density at radius 2 is 1.72 bits per heavy atom. The summed E-state index contributed by atoms with van der Waals surface area (Å²) in [6.07, 6.45) is 2.35. The van der Waals surface area contributed by atoms with Crippen LogP contribution in [0.3, 0.4) is 0 Å². The first-order chi connectivity index (χ1) is 15.5. The fraction of sp³-hybridized carbons (Fsp3) is 0.462. The second kappa shape index (κ2) is 12.4. The lowest BCUT2D eigenvalue weighted by Crippen LogP contribution is -2.34. The van der Waals surface area contributed by atoms with Crippen LogP contribution >= 0.6 is 0 Å². The summed E-state index contributed by atoms with van der Waals surface area (Å²) < 4.78 is 5.42. The van der Waals surface area contributed by atoms with Gasteiger partial charge in [-0.3, -0.25) is 14.5 Å². The standard InChI is InChI=1S/C26H35N3O3/c1-2-32-24(26(27)31)19-22-12-10-21(11-13-22)9-6-15-29-18-17-28(16-14-25(29)30)20-23-7-4-3-5-8-23/h3-5,7-8,10-13,24H,2,6,9,14-20H2,1H3,(H2,27,31). The van der Waals surface area contributed by atoms with Crippen molar-refractivity contribution in [1.82, 2.24) is 9.80 Å². The first-order valence-electron chi connectivity index (χ1n) is 11.6. The zero-order valence-electron chi connectivity index (χ0n) is 19.0.